The Labute approximate surface area is 120 Å². The van der Waals surface area contributed by atoms with Crippen molar-refractivity contribution in [3.63, 3.8) is 0 Å². The van der Waals surface area contributed by atoms with Crippen LogP contribution >= 0.6 is 0 Å². The first-order valence-electron chi connectivity index (χ1n) is 7.08. The zero-order valence-corrected chi connectivity index (χ0v) is 12.1. The molecule has 2 nitrogen and oxygen atoms in total. The van der Waals surface area contributed by atoms with Crippen molar-refractivity contribution in [2.45, 2.75) is 41.4 Å². The van der Waals surface area contributed by atoms with Crippen LogP contribution in [0.3, 0.4) is 0 Å². The summed E-state index contributed by atoms with van der Waals surface area (Å²) < 4.78 is 25.6. The fraction of sp³-hybridized carbons (Fsp3) is 0.294. The molecule has 0 bridgehead atoms. The van der Waals surface area contributed by atoms with Gasteiger partial charge >= 0.3 is 0 Å². The maximum atomic E-state index is 12.8. The minimum Gasteiger partial charge on any atom is -0.219 e. The van der Waals surface area contributed by atoms with Gasteiger partial charge in [0.05, 0.1) is 9.79 Å². The summed E-state index contributed by atoms with van der Waals surface area (Å²) in [6, 6.07) is 16.2. The highest BCUT2D eigenvalue weighted by Crippen LogP contribution is 2.38. The van der Waals surface area contributed by atoms with Crippen LogP contribution in [-0.4, -0.2) is 8.42 Å². The van der Waals surface area contributed by atoms with Crippen LogP contribution in [0.15, 0.2) is 64.4 Å². The second kappa shape index (κ2) is 5.41. The topological polar surface area (TPSA) is 34.1 Å². The molecule has 0 amide bonds. The zero-order chi connectivity index (χ0) is 14.0. The molecule has 0 aromatic heterocycles. The predicted octanol–water partition coefficient (Wildman–Crippen LogP) is 4.18. The Morgan fingerprint density at radius 2 is 1.40 bits per heavy atom. The fourth-order valence-corrected chi connectivity index (χ4v) is 4.60. The summed E-state index contributed by atoms with van der Waals surface area (Å²) in [5.41, 5.74) is 0.994. The lowest BCUT2D eigenvalue weighted by Crippen LogP contribution is -2.07. The molecule has 0 aliphatic heterocycles. The second-order valence-electron chi connectivity index (χ2n) is 5.34. The van der Waals surface area contributed by atoms with Crippen LogP contribution in [0.2, 0.25) is 0 Å². The molecule has 2 aromatic carbocycles. The summed E-state index contributed by atoms with van der Waals surface area (Å²) in [5.74, 6) is 0.393. The second-order valence-corrected chi connectivity index (χ2v) is 7.25. The molecule has 3 rings (SSSR count). The normalized spacial score (nSPS) is 16.4. The Hall–Kier alpha value is -1.61. The summed E-state index contributed by atoms with van der Waals surface area (Å²) in [7, 11) is -3.41. The number of rotatable bonds is 3. The van der Waals surface area contributed by atoms with Crippen LogP contribution in [0.5, 0.6) is 0 Å². The molecule has 3 heteroatoms. The van der Waals surface area contributed by atoms with Gasteiger partial charge in [-0.15, -0.1) is 0 Å². The Balaban J connectivity index is 2.10. The molecule has 0 heterocycles. The van der Waals surface area contributed by atoms with Crippen LogP contribution in [0.1, 0.15) is 37.2 Å². The Morgan fingerprint density at radius 3 is 2.10 bits per heavy atom. The van der Waals surface area contributed by atoms with Crippen molar-refractivity contribution in [1.29, 1.82) is 0 Å². The molecule has 0 unspecified atom stereocenters. The summed E-state index contributed by atoms with van der Waals surface area (Å²) in [6.07, 6.45) is 4.59. The SMILES string of the molecule is O=S(=O)(c1ccccc1)c1ccccc1C1CCCC1. The van der Waals surface area contributed by atoms with E-state index in [0.717, 1.165) is 18.4 Å². The lowest BCUT2D eigenvalue weighted by Gasteiger charge is -2.15. The zero-order valence-electron chi connectivity index (χ0n) is 11.3. The van der Waals surface area contributed by atoms with Crippen molar-refractivity contribution in [1.82, 2.24) is 0 Å². The van der Waals surface area contributed by atoms with Crippen molar-refractivity contribution in [3.8, 4) is 0 Å². The van der Waals surface area contributed by atoms with Gasteiger partial charge in [0.2, 0.25) is 9.84 Å². The molecule has 0 radical (unpaired) electrons. The molecular weight excluding hydrogens is 268 g/mol. The van der Waals surface area contributed by atoms with Crippen LogP contribution < -0.4 is 0 Å². The lowest BCUT2D eigenvalue weighted by molar-refractivity contribution is 0.592. The first-order valence-corrected chi connectivity index (χ1v) is 8.57. The van der Waals surface area contributed by atoms with Gasteiger partial charge in [-0.3, -0.25) is 0 Å². The Morgan fingerprint density at radius 1 is 0.800 bits per heavy atom. The van der Waals surface area contributed by atoms with E-state index in [1.807, 2.05) is 24.3 Å². The van der Waals surface area contributed by atoms with E-state index >= 15 is 0 Å². The summed E-state index contributed by atoms with van der Waals surface area (Å²) in [4.78, 5) is 0.864. The Kier molecular flexibility index (Phi) is 3.62. The third kappa shape index (κ3) is 2.38. The smallest absolute Gasteiger partial charge is 0.206 e. The first-order chi connectivity index (χ1) is 9.69. The highest BCUT2D eigenvalue weighted by atomic mass is 32.2. The molecule has 0 atom stereocenters. The number of sulfone groups is 1. The van der Waals surface area contributed by atoms with Gasteiger partial charge < -0.3 is 0 Å². The molecule has 0 spiro atoms. The fourth-order valence-electron chi connectivity index (χ4n) is 3.03. The van der Waals surface area contributed by atoms with E-state index in [9.17, 15) is 8.42 Å². The van der Waals surface area contributed by atoms with Crippen LogP contribution in [-0.2, 0) is 9.84 Å². The van der Waals surface area contributed by atoms with Crippen LogP contribution in [0.25, 0.3) is 0 Å². The molecule has 1 saturated carbocycles. The standard InChI is InChI=1S/C17H18O2S/c18-20(19,15-10-2-1-3-11-15)17-13-7-6-12-16(17)14-8-4-5-9-14/h1-3,6-7,10-14H,4-5,8-9H2. The Bertz CT molecular complexity index is 684. The van der Waals surface area contributed by atoms with Crippen LogP contribution in [0.4, 0.5) is 0 Å². The van der Waals surface area contributed by atoms with E-state index in [4.69, 9.17) is 0 Å². The van der Waals surface area contributed by atoms with Crippen LogP contribution in [0, 0.1) is 0 Å². The number of hydrogen-bond acceptors (Lipinski definition) is 2. The number of hydrogen-bond donors (Lipinski definition) is 0. The first kappa shape index (κ1) is 13.4. The van der Waals surface area contributed by atoms with Crippen molar-refractivity contribution >= 4 is 9.84 Å². The largest absolute Gasteiger partial charge is 0.219 e. The van der Waals surface area contributed by atoms with Gasteiger partial charge in [-0.25, -0.2) is 8.42 Å². The van der Waals surface area contributed by atoms with Gasteiger partial charge in [0.1, 0.15) is 0 Å². The van der Waals surface area contributed by atoms with Crippen molar-refractivity contribution in [2.75, 3.05) is 0 Å². The van der Waals surface area contributed by atoms with Gasteiger partial charge in [0, 0.05) is 0 Å². The van der Waals surface area contributed by atoms with E-state index in [1.165, 1.54) is 12.8 Å². The van der Waals surface area contributed by atoms with E-state index in [0.29, 0.717) is 15.7 Å². The third-order valence-electron chi connectivity index (χ3n) is 4.06. The minimum absolute atomic E-state index is 0.380. The monoisotopic (exact) mass is 286 g/mol. The minimum atomic E-state index is -3.41. The highest BCUT2D eigenvalue weighted by molar-refractivity contribution is 7.91. The summed E-state index contributed by atoms with van der Waals surface area (Å²) >= 11 is 0. The van der Waals surface area contributed by atoms with Gasteiger partial charge in [-0.1, -0.05) is 49.2 Å². The average molecular weight is 286 g/mol. The third-order valence-corrected chi connectivity index (χ3v) is 5.90. The van der Waals surface area contributed by atoms with Gasteiger partial charge in [-0.2, -0.15) is 0 Å². The van der Waals surface area contributed by atoms with Gasteiger partial charge in [0.15, 0.2) is 0 Å². The number of benzene rings is 2. The maximum Gasteiger partial charge on any atom is 0.206 e. The lowest BCUT2D eigenvalue weighted by atomic mass is 9.98. The summed E-state index contributed by atoms with van der Waals surface area (Å²) in [5, 5.41) is 0. The van der Waals surface area contributed by atoms with E-state index in [-0.39, 0.29) is 0 Å². The van der Waals surface area contributed by atoms with Gasteiger partial charge in [-0.05, 0) is 42.5 Å². The van der Waals surface area contributed by atoms with Crippen molar-refractivity contribution < 1.29 is 8.42 Å². The van der Waals surface area contributed by atoms with Crippen molar-refractivity contribution in [3.05, 3.63) is 60.2 Å². The average Bonchev–Trinajstić information content (AvgIpc) is 3.02. The highest BCUT2D eigenvalue weighted by Gasteiger charge is 2.26. The quantitative estimate of drug-likeness (QED) is 0.848. The maximum absolute atomic E-state index is 12.8. The van der Waals surface area contributed by atoms with E-state index < -0.39 is 9.84 Å². The molecule has 0 N–H and O–H groups in total. The molecule has 2 aromatic rings. The predicted molar refractivity (Wildman–Crippen MR) is 79.5 cm³/mol. The van der Waals surface area contributed by atoms with E-state index in [1.54, 1.807) is 30.3 Å². The molecular formula is C17H18O2S. The molecule has 1 aliphatic carbocycles. The molecule has 20 heavy (non-hydrogen) atoms. The van der Waals surface area contributed by atoms with E-state index in [2.05, 4.69) is 0 Å². The van der Waals surface area contributed by atoms with Gasteiger partial charge in [0.25, 0.3) is 0 Å². The molecule has 1 fully saturated rings. The summed E-state index contributed by atoms with van der Waals surface area (Å²) in [6.45, 7) is 0. The molecule has 1 aliphatic rings. The molecule has 0 saturated heterocycles. The van der Waals surface area contributed by atoms with Crippen molar-refractivity contribution in [2.24, 2.45) is 0 Å². The molecule has 104 valence electrons.